The van der Waals surface area contributed by atoms with E-state index in [-0.39, 0.29) is 0 Å². The van der Waals surface area contributed by atoms with Gasteiger partial charge < -0.3 is 4.74 Å². The van der Waals surface area contributed by atoms with Gasteiger partial charge in [-0.15, -0.1) is 0 Å². The zero-order chi connectivity index (χ0) is 34.9. The first-order valence-corrected chi connectivity index (χ1v) is 17.2. The maximum Gasteiger partial charge on any atom is 0.164 e. The smallest absolute Gasteiger partial charge is 0.164 e. The van der Waals surface area contributed by atoms with Crippen LogP contribution in [0.3, 0.4) is 0 Å². The Morgan fingerprint density at radius 3 is 1.62 bits per heavy atom. The van der Waals surface area contributed by atoms with E-state index in [1.807, 2.05) is 60.7 Å². The molecule has 0 unspecified atom stereocenters. The van der Waals surface area contributed by atoms with Crippen LogP contribution in [0, 0.1) is 11.3 Å². The fraction of sp³-hybridized carbons (Fsp3) is 0.0213. The van der Waals surface area contributed by atoms with Crippen molar-refractivity contribution in [2.75, 3.05) is 0 Å². The van der Waals surface area contributed by atoms with Crippen molar-refractivity contribution in [2.45, 2.75) is 5.41 Å². The summed E-state index contributed by atoms with van der Waals surface area (Å²) in [5.74, 6) is 3.24. The first-order valence-electron chi connectivity index (χ1n) is 17.2. The maximum atomic E-state index is 9.62. The number of rotatable bonds is 6. The molecule has 0 amide bonds. The lowest BCUT2D eigenvalue weighted by Crippen LogP contribution is -2.34. The van der Waals surface area contributed by atoms with E-state index in [0.717, 1.165) is 61.6 Å². The Morgan fingerprint density at radius 2 is 0.942 bits per heavy atom. The van der Waals surface area contributed by atoms with E-state index in [1.54, 1.807) is 6.07 Å². The molecule has 0 fully saturated rings. The van der Waals surface area contributed by atoms with Crippen molar-refractivity contribution < 1.29 is 4.74 Å². The molecule has 0 N–H and O–H groups in total. The third kappa shape index (κ3) is 5.22. The predicted molar refractivity (Wildman–Crippen MR) is 205 cm³/mol. The number of aromatic nitrogens is 3. The highest BCUT2D eigenvalue weighted by molar-refractivity contribution is 5.82. The molecule has 0 bridgehead atoms. The van der Waals surface area contributed by atoms with Crippen molar-refractivity contribution >= 4 is 0 Å². The van der Waals surface area contributed by atoms with E-state index in [1.165, 1.54) is 0 Å². The molecule has 0 aliphatic carbocycles. The summed E-state index contributed by atoms with van der Waals surface area (Å²) >= 11 is 0. The molecule has 244 valence electrons. The van der Waals surface area contributed by atoms with E-state index in [2.05, 4.69) is 121 Å². The molecule has 1 aliphatic heterocycles. The van der Waals surface area contributed by atoms with E-state index >= 15 is 0 Å². The average molecular weight is 667 g/mol. The Hall–Kier alpha value is -7.16. The van der Waals surface area contributed by atoms with Gasteiger partial charge in [0.1, 0.15) is 11.5 Å². The molecule has 1 aliphatic rings. The molecular weight excluding hydrogens is 637 g/mol. The van der Waals surface area contributed by atoms with Crippen LogP contribution in [0.25, 0.3) is 45.3 Å². The fourth-order valence-electron chi connectivity index (χ4n) is 7.41. The van der Waals surface area contributed by atoms with Gasteiger partial charge in [-0.3, -0.25) is 0 Å². The number of hydrogen-bond acceptors (Lipinski definition) is 5. The summed E-state index contributed by atoms with van der Waals surface area (Å²) in [5.41, 5.74) is 8.83. The number of fused-ring (bicyclic) bond motifs is 2. The maximum absolute atomic E-state index is 9.62. The van der Waals surface area contributed by atoms with Gasteiger partial charge in [0.05, 0.1) is 17.0 Å². The molecular formula is C47H30N4O. The number of ether oxygens (including phenoxy) is 1. The van der Waals surface area contributed by atoms with E-state index in [4.69, 9.17) is 19.7 Å². The minimum absolute atomic E-state index is 0.501. The normalized spacial score (nSPS) is 12.5. The minimum Gasteiger partial charge on any atom is -0.457 e. The van der Waals surface area contributed by atoms with Crippen LogP contribution in [0.4, 0.5) is 0 Å². The van der Waals surface area contributed by atoms with Crippen molar-refractivity contribution in [3.63, 3.8) is 0 Å². The first kappa shape index (κ1) is 30.9. The summed E-state index contributed by atoms with van der Waals surface area (Å²) in [4.78, 5) is 14.9. The molecule has 9 rings (SSSR count). The van der Waals surface area contributed by atoms with Crippen LogP contribution in [-0.4, -0.2) is 15.0 Å². The van der Waals surface area contributed by atoms with Gasteiger partial charge in [-0.1, -0.05) is 152 Å². The van der Waals surface area contributed by atoms with Crippen LogP contribution < -0.4 is 4.74 Å². The van der Waals surface area contributed by atoms with Crippen molar-refractivity contribution in [2.24, 2.45) is 0 Å². The van der Waals surface area contributed by atoms with Gasteiger partial charge in [-0.05, 0) is 52.6 Å². The van der Waals surface area contributed by atoms with E-state index in [9.17, 15) is 5.26 Å². The first-order chi connectivity index (χ1) is 25.7. The number of benzene rings is 7. The van der Waals surface area contributed by atoms with Gasteiger partial charge in [-0.2, -0.15) is 5.26 Å². The highest BCUT2D eigenvalue weighted by Gasteiger charge is 2.46. The number of para-hydroxylation sites is 1. The summed E-state index contributed by atoms with van der Waals surface area (Å²) in [5, 5.41) is 9.62. The van der Waals surface area contributed by atoms with Gasteiger partial charge in [0.2, 0.25) is 0 Å². The Kier molecular flexibility index (Phi) is 7.68. The van der Waals surface area contributed by atoms with Crippen LogP contribution in [0.1, 0.15) is 27.8 Å². The Labute approximate surface area is 302 Å². The zero-order valence-corrected chi connectivity index (χ0v) is 28.0. The molecule has 0 saturated heterocycles. The van der Waals surface area contributed by atoms with Crippen molar-refractivity contribution in [1.29, 1.82) is 5.26 Å². The number of nitrogens with zero attached hydrogens (tertiary/aromatic N) is 4. The summed E-state index contributed by atoms with van der Waals surface area (Å²) in [6, 6.07) is 63.9. The SMILES string of the molecule is N#Cc1cccc(-c2nc(-c3ccccc3)nc(-c3cccc(-c4cccc5c4C(c4ccccc4)(c4ccccc4)c4ccccc4O5)c3)n2)c1. The van der Waals surface area contributed by atoms with E-state index in [0.29, 0.717) is 23.0 Å². The third-order valence-electron chi connectivity index (χ3n) is 9.67. The molecule has 5 nitrogen and oxygen atoms in total. The van der Waals surface area contributed by atoms with Gasteiger partial charge in [-0.25, -0.2) is 15.0 Å². The minimum atomic E-state index is -0.675. The second-order valence-electron chi connectivity index (χ2n) is 12.7. The monoisotopic (exact) mass is 666 g/mol. The molecule has 2 heterocycles. The Bertz CT molecular complexity index is 2580. The lowest BCUT2D eigenvalue weighted by molar-refractivity contribution is 0.435. The standard InChI is InChI=1S/C47H30N4O/c48-31-32-15-12-19-35(29-32)45-49-44(33-16-4-1-5-17-33)50-46(51-45)36-20-13-18-34(30-36)39-25-14-28-42-43(39)47(37-21-6-2-7-22-37,38-23-8-3-9-24-38)40-26-10-11-27-41(40)52-42/h1-30H. The molecule has 0 spiro atoms. The van der Waals surface area contributed by atoms with Gasteiger partial charge in [0, 0.05) is 27.8 Å². The van der Waals surface area contributed by atoms with Crippen molar-refractivity contribution in [1.82, 2.24) is 15.0 Å². The average Bonchev–Trinajstić information content (AvgIpc) is 3.23. The van der Waals surface area contributed by atoms with Crippen molar-refractivity contribution in [3.05, 3.63) is 210 Å². The second-order valence-corrected chi connectivity index (χ2v) is 12.7. The van der Waals surface area contributed by atoms with E-state index < -0.39 is 5.41 Å². The van der Waals surface area contributed by atoms with Crippen LogP contribution in [0.15, 0.2) is 182 Å². The molecule has 1 aromatic heterocycles. The van der Waals surface area contributed by atoms with Gasteiger partial charge in [0.25, 0.3) is 0 Å². The Morgan fingerprint density at radius 1 is 0.442 bits per heavy atom. The van der Waals surface area contributed by atoms with Gasteiger partial charge >= 0.3 is 0 Å². The molecule has 8 aromatic rings. The van der Waals surface area contributed by atoms with Gasteiger partial charge in [0.15, 0.2) is 17.5 Å². The summed E-state index contributed by atoms with van der Waals surface area (Å²) < 4.78 is 6.75. The lowest BCUT2D eigenvalue weighted by Gasteiger charge is -2.42. The van der Waals surface area contributed by atoms with Crippen LogP contribution in [0.5, 0.6) is 11.5 Å². The lowest BCUT2D eigenvalue weighted by atomic mass is 9.62. The summed E-state index contributed by atoms with van der Waals surface area (Å²) in [7, 11) is 0. The highest BCUT2D eigenvalue weighted by Crippen LogP contribution is 2.57. The van der Waals surface area contributed by atoms with Crippen LogP contribution in [-0.2, 0) is 5.41 Å². The molecule has 0 saturated carbocycles. The highest BCUT2D eigenvalue weighted by atomic mass is 16.5. The number of nitriles is 1. The second kappa shape index (κ2) is 12.9. The number of hydrogen-bond donors (Lipinski definition) is 0. The predicted octanol–water partition coefficient (Wildman–Crippen LogP) is 10.9. The molecule has 52 heavy (non-hydrogen) atoms. The third-order valence-corrected chi connectivity index (χ3v) is 9.67. The molecule has 7 aromatic carbocycles. The molecule has 0 atom stereocenters. The zero-order valence-electron chi connectivity index (χ0n) is 28.0. The van der Waals surface area contributed by atoms with Crippen LogP contribution >= 0.6 is 0 Å². The topological polar surface area (TPSA) is 71.7 Å². The van der Waals surface area contributed by atoms with Crippen molar-refractivity contribution in [3.8, 4) is 62.9 Å². The summed E-state index contributed by atoms with van der Waals surface area (Å²) in [6.07, 6.45) is 0. The molecule has 5 heteroatoms. The summed E-state index contributed by atoms with van der Waals surface area (Å²) in [6.45, 7) is 0. The largest absolute Gasteiger partial charge is 0.457 e. The fourth-order valence-corrected chi connectivity index (χ4v) is 7.41. The van der Waals surface area contributed by atoms with Crippen LogP contribution in [0.2, 0.25) is 0 Å². The Balaban J connectivity index is 1.28. The quantitative estimate of drug-likeness (QED) is 0.177. The molecule has 0 radical (unpaired) electrons.